The average Bonchev–Trinajstić information content (AvgIpc) is 3.16. The average molecular weight is 276 g/mol. The van der Waals surface area contributed by atoms with Gasteiger partial charge in [-0.05, 0) is 50.6 Å². The topological polar surface area (TPSA) is 67.4 Å². The van der Waals surface area contributed by atoms with Crippen molar-refractivity contribution < 1.29 is 13.2 Å². The minimum atomic E-state index is -3.13. The van der Waals surface area contributed by atoms with E-state index in [1.807, 2.05) is 0 Å². The lowest BCUT2D eigenvalue weighted by molar-refractivity contribution is 0.173. The Morgan fingerprint density at radius 1 is 1.33 bits per heavy atom. The fraction of sp³-hybridized carbons (Fsp3) is 1.00. The molecule has 6 heteroatoms. The standard InChI is InChI=1S/C12H24N2O3S/c1-17-9-6-12(4-5-12)10-14-18(15,16)11-2-7-13-8-3-11/h11,13-14H,2-10H2,1H3. The van der Waals surface area contributed by atoms with E-state index in [2.05, 4.69) is 10.0 Å². The summed E-state index contributed by atoms with van der Waals surface area (Å²) in [5, 5.41) is 2.98. The van der Waals surface area contributed by atoms with Gasteiger partial charge in [0.05, 0.1) is 5.25 Å². The van der Waals surface area contributed by atoms with Crippen LogP contribution < -0.4 is 10.0 Å². The van der Waals surface area contributed by atoms with E-state index in [1.165, 1.54) is 0 Å². The molecule has 0 unspecified atom stereocenters. The van der Waals surface area contributed by atoms with Gasteiger partial charge in [0.15, 0.2) is 0 Å². The molecule has 2 N–H and O–H groups in total. The van der Waals surface area contributed by atoms with Gasteiger partial charge in [-0.25, -0.2) is 13.1 Å². The summed E-state index contributed by atoms with van der Waals surface area (Å²) in [7, 11) is -1.44. The molecular weight excluding hydrogens is 252 g/mol. The van der Waals surface area contributed by atoms with Crippen LogP contribution in [-0.2, 0) is 14.8 Å². The van der Waals surface area contributed by atoms with Gasteiger partial charge in [0.25, 0.3) is 0 Å². The Morgan fingerprint density at radius 3 is 2.56 bits per heavy atom. The predicted molar refractivity (Wildman–Crippen MR) is 71.0 cm³/mol. The molecule has 1 saturated carbocycles. The molecule has 2 rings (SSSR count). The number of hydrogen-bond donors (Lipinski definition) is 2. The van der Waals surface area contributed by atoms with Crippen LogP contribution in [-0.4, -0.2) is 47.0 Å². The molecule has 0 atom stereocenters. The number of rotatable bonds is 7. The molecule has 0 bridgehead atoms. The highest BCUT2D eigenvalue weighted by Gasteiger charge is 2.43. The van der Waals surface area contributed by atoms with E-state index in [0.717, 1.165) is 51.8 Å². The number of methoxy groups -OCH3 is 1. The van der Waals surface area contributed by atoms with Crippen LogP contribution in [0, 0.1) is 5.41 Å². The van der Waals surface area contributed by atoms with Gasteiger partial charge in [0, 0.05) is 20.3 Å². The Hall–Kier alpha value is -0.170. The molecule has 1 saturated heterocycles. The van der Waals surface area contributed by atoms with Crippen LogP contribution in [0.25, 0.3) is 0 Å². The normalized spacial score (nSPS) is 24.1. The van der Waals surface area contributed by atoms with Gasteiger partial charge in [-0.1, -0.05) is 0 Å². The van der Waals surface area contributed by atoms with Crippen molar-refractivity contribution in [3.05, 3.63) is 0 Å². The molecule has 0 amide bonds. The molecule has 0 aromatic carbocycles. The van der Waals surface area contributed by atoms with E-state index >= 15 is 0 Å². The lowest BCUT2D eigenvalue weighted by Gasteiger charge is -2.24. The molecular formula is C12H24N2O3S. The van der Waals surface area contributed by atoms with Crippen LogP contribution in [0.15, 0.2) is 0 Å². The maximum atomic E-state index is 12.2. The summed E-state index contributed by atoms with van der Waals surface area (Å²) in [5.74, 6) is 0. The van der Waals surface area contributed by atoms with Crippen molar-refractivity contribution in [1.82, 2.24) is 10.0 Å². The van der Waals surface area contributed by atoms with Gasteiger partial charge in [-0.2, -0.15) is 0 Å². The fourth-order valence-electron chi connectivity index (χ4n) is 2.49. The molecule has 0 aromatic heterocycles. The Labute approximate surface area is 110 Å². The van der Waals surface area contributed by atoms with E-state index in [1.54, 1.807) is 7.11 Å². The number of sulfonamides is 1. The molecule has 1 heterocycles. The summed E-state index contributed by atoms with van der Waals surface area (Å²) in [6.07, 6.45) is 4.63. The molecule has 18 heavy (non-hydrogen) atoms. The second-order valence-electron chi connectivity index (χ2n) is 5.56. The third-order valence-corrected chi connectivity index (χ3v) is 6.06. The predicted octanol–water partition coefficient (Wildman–Crippen LogP) is 0.475. The third-order valence-electron chi connectivity index (χ3n) is 4.17. The highest BCUT2D eigenvalue weighted by Crippen LogP contribution is 2.48. The van der Waals surface area contributed by atoms with Gasteiger partial charge in [0.1, 0.15) is 0 Å². The van der Waals surface area contributed by atoms with Crippen molar-refractivity contribution in [1.29, 1.82) is 0 Å². The van der Waals surface area contributed by atoms with Crippen molar-refractivity contribution in [2.75, 3.05) is 33.4 Å². The molecule has 106 valence electrons. The van der Waals surface area contributed by atoms with Crippen LogP contribution in [0.5, 0.6) is 0 Å². The quantitative estimate of drug-likeness (QED) is 0.709. The summed E-state index contributed by atoms with van der Waals surface area (Å²) in [4.78, 5) is 0. The number of ether oxygens (including phenoxy) is 1. The summed E-state index contributed by atoms with van der Waals surface area (Å²) in [6, 6.07) is 0. The number of hydrogen-bond acceptors (Lipinski definition) is 4. The van der Waals surface area contributed by atoms with E-state index in [0.29, 0.717) is 6.54 Å². The van der Waals surface area contributed by atoms with Crippen molar-refractivity contribution in [3.8, 4) is 0 Å². The molecule has 0 aromatic rings. The maximum absolute atomic E-state index is 12.2. The van der Waals surface area contributed by atoms with Gasteiger partial charge in [-0.15, -0.1) is 0 Å². The molecule has 0 spiro atoms. The first-order valence-electron chi connectivity index (χ1n) is 6.76. The minimum Gasteiger partial charge on any atom is -0.385 e. The van der Waals surface area contributed by atoms with E-state index < -0.39 is 10.0 Å². The second kappa shape index (κ2) is 5.86. The summed E-state index contributed by atoms with van der Waals surface area (Å²) < 4.78 is 32.2. The molecule has 2 fully saturated rings. The maximum Gasteiger partial charge on any atom is 0.214 e. The van der Waals surface area contributed by atoms with Gasteiger partial charge in [-0.3, -0.25) is 0 Å². The molecule has 1 aliphatic heterocycles. The zero-order chi connectivity index (χ0) is 13.1. The van der Waals surface area contributed by atoms with Crippen molar-refractivity contribution in [3.63, 3.8) is 0 Å². The lowest BCUT2D eigenvalue weighted by Crippen LogP contribution is -2.43. The van der Waals surface area contributed by atoms with E-state index in [9.17, 15) is 8.42 Å². The summed E-state index contributed by atoms with van der Waals surface area (Å²) in [5.41, 5.74) is 0.177. The molecule has 2 aliphatic rings. The lowest BCUT2D eigenvalue weighted by atomic mass is 10.0. The van der Waals surface area contributed by atoms with Crippen LogP contribution in [0.2, 0.25) is 0 Å². The van der Waals surface area contributed by atoms with Crippen LogP contribution in [0.3, 0.4) is 0 Å². The smallest absolute Gasteiger partial charge is 0.214 e. The largest absolute Gasteiger partial charge is 0.385 e. The van der Waals surface area contributed by atoms with Crippen LogP contribution in [0.1, 0.15) is 32.1 Å². The Kier molecular flexibility index (Phi) is 4.64. The van der Waals surface area contributed by atoms with E-state index in [4.69, 9.17) is 4.74 Å². The number of piperidine rings is 1. The Morgan fingerprint density at radius 2 is 2.00 bits per heavy atom. The zero-order valence-electron chi connectivity index (χ0n) is 11.1. The monoisotopic (exact) mass is 276 g/mol. The Balaban J connectivity index is 1.81. The van der Waals surface area contributed by atoms with E-state index in [-0.39, 0.29) is 10.7 Å². The highest BCUT2D eigenvalue weighted by molar-refractivity contribution is 7.90. The highest BCUT2D eigenvalue weighted by atomic mass is 32.2. The van der Waals surface area contributed by atoms with Gasteiger partial charge in [0.2, 0.25) is 10.0 Å². The van der Waals surface area contributed by atoms with Crippen molar-refractivity contribution in [2.24, 2.45) is 5.41 Å². The second-order valence-corrected chi connectivity index (χ2v) is 7.60. The summed E-state index contributed by atoms with van der Waals surface area (Å²) >= 11 is 0. The summed E-state index contributed by atoms with van der Waals surface area (Å²) in [6.45, 7) is 2.92. The number of nitrogens with one attached hydrogen (secondary N) is 2. The van der Waals surface area contributed by atoms with Gasteiger partial charge >= 0.3 is 0 Å². The minimum absolute atomic E-state index is 0.177. The first kappa shape index (κ1) is 14.2. The van der Waals surface area contributed by atoms with Crippen LogP contribution in [0.4, 0.5) is 0 Å². The fourth-order valence-corrected chi connectivity index (χ4v) is 4.09. The SMILES string of the molecule is COCCC1(CNS(=O)(=O)C2CCNCC2)CC1. The first-order chi connectivity index (χ1) is 8.58. The van der Waals surface area contributed by atoms with Crippen molar-refractivity contribution in [2.45, 2.75) is 37.4 Å². The molecule has 5 nitrogen and oxygen atoms in total. The first-order valence-corrected chi connectivity index (χ1v) is 8.31. The Bertz CT molecular complexity index is 360. The zero-order valence-corrected chi connectivity index (χ0v) is 11.9. The molecule has 0 radical (unpaired) electrons. The van der Waals surface area contributed by atoms with Gasteiger partial charge < -0.3 is 10.1 Å². The molecule has 1 aliphatic carbocycles. The van der Waals surface area contributed by atoms with Crippen LogP contribution >= 0.6 is 0 Å². The third kappa shape index (κ3) is 3.66. The van der Waals surface area contributed by atoms with Crippen molar-refractivity contribution >= 4 is 10.0 Å².